The van der Waals surface area contributed by atoms with Crippen molar-refractivity contribution in [3.05, 3.63) is 29.3 Å². The van der Waals surface area contributed by atoms with Gasteiger partial charge < -0.3 is 11.1 Å². The topological polar surface area (TPSA) is 58.4 Å². The Morgan fingerprint density at radius 1 is 1.37 bits per heavy atom. The molecule has 0 spiro atoms. The van der Waals surface area contributed by atoms with E-state index < -0.39 is 0 Å². The van der Waals surface area contributed by atoms with Crippen LogP contribution in [0.1, 0.15) is 35.2 Å². The first-order valence-electron chi connectivity index (χ1n) is 7.05. The Balaban J connectivity index is 1.63. The Morgan fingerprint density at radius 2 is 2.16 bits per heavy atom. The maximum atomic E-state index is 12.3. The van der Waals surface area contributed by atoms with Gasteiger partial charge in [0.15, 0.2) is 0 Å². The molecule has 1 aliphatic carbocycles. The van der Waals surface area contributed by atoms with Gasteiger partial charge in [-0.1, -0.05) is 6.07 Å². The van der Waals surface area contributed by atoms with Gasteiger partial charge in [0.25, 0.3) is 5.91 Å². The second-order valence-corrected chi connectivity index (χ2v) is 5.70. The molecule has 3 rings (SSSR count). The van der Waals surface area contributed by atoms with E-state index in [1.165, 1.54) is 12.8 Å². The van der Waals surface area contributed by atoms with Crippen molar-refractivity contribution in [2.24, 2.45) is 0 Å². The Hall–Kier alpha value is -1.55. The molecule has 102 valence electrons. The summed E-state index contributed by atoms with van der Waals surface area (Å²) < 4.78 is 0. The normalized spacial score (nSPS) is 23.5. The Kier molecular flexibility index (Phi) is 3.19. The zero-order valence-electron chi connectivity index (χ0n) is 11.4. The fourth-order valence-corrected chi connectivity index (χ4v) is 2.84. The van der Waals surface area contributed by atoms with Crippen LogP contribution < -0.4 is 11.1 Å². The first-order chi connectivity index (χ1) is 9.15. The van der Waals surface area contributed by atoms with Gasteiger partial charge in [-0.3, -0.25) is 9.69 Å². The number of anilines is 1. The zero-order valence-corrected chi connectivity index (χ0v) is 11.4. The van der Waals surface area contributed by atoms with Gasteiger partial charge in [0, 0.05) is 36.4 Å². The molecule has 4 heteroatoms. The Bertz CT molecular complexity index is 496. The number of carbonyl (C=O) groups is 1. The van der Waals surface area contributed by atoms with Crippen LogP contribution in [0.2, 0.25) is 0 Å². The second kappa shape index (κ2) is 4.85. The van der Waals surface area contributed by atoms with Crippen LogP contribution in [0, 0.1) is 6.92 Å². The first kappa shape index (κ1) is 12.5. The Morgan fingerprint density at radius 3 is 2.89 bits per heavy atom. The summed E-state index contributed by atoms with van der Waals surface area (Å²) in [5.41, 5.74) is 8.10. The minimum absolute atomic E-state index is 0.00690. The fraction of sp³-hybridized carbons (Fsp3) is 0.533. The number of nitrogen functional groups attached to an aromatic ring is 1. The van der Waals surface area contributed by atoms with Crippen molar-refractivity contribution >= 4 is 11.6 Å². The lowest BCUT2D eigenvalue weighted by Gasteiger charge is -2.16. The fourth-order valence-electron chi connectivity index (χ4n) is 2.84. The highest BCUT2D eigenvalue weighted by Crippen LogP contribution is 2.29. The molecule has 1 amide bonds. The number of nitrogens with zero attached hydrogens (tertiary/aromatic N) is 1. The summed E-state index contributed by atoms with van der Waals surface area (Å²) in [6.07, 6.45) is 3.72. The zero-order chi connectivity index (χ0) is 13.4. The molecule has 2 aliphatic rings. The molecule has 1 aromatic rings. The number of benzene rings is 1. The van der Waals surface area contributed by atoms with E-state index in [-0.39, 0.29) is 11.9 Å². The van der Waals surface area contributed by atoms with Crippen LogP contribution in [0.25, 0.3) is 0 Å². The van der Waals surface area contributed by atoms with Crippen molar-refractivity contribution in [3.63, 3.8) is 0 Å². The van der Waals surface area contributed by atoms with E-state index >= 15 is 0 Å². The van der Waals surface area contributed by atoms with E-state index in [0.29, 0.717) is 11.3 Å². The lowest BCUT2D eigenvalue weighted by atomic mass is 10.1. The molecule has 2 fully saturated rings. The van der Waals surface area contributed by atoms with Crippen molar-refractivity contribution in [2.45, 2.75) is 38.3 Å². The van der Waals surface area contributed by atoms with Crippen LogP contribution in [-0.4, -0.2) is 36.0 Å². The van der Waals surface area contributed by atoms with Crippen molar-refractivity contribution in [2.75, 3.05) is 18.8 Å². The molecular formula is C15H21N3O. The minimum atomic E-state index is 0.00690. The van der Waals surface area contributed by atoms with Gasteiger partial charge in [-0.15, -0.1) is 0 Å². The molecule has 1 aliphatic heterocycles. The van der Waals surface area contributed by atoms with Gasteiger partial charge >= 0.3 is 0 Å². The maximum Gasteiger partial charge on any atom is 0.251 e. The van der Waals surface area contributed by atoms with Gasteiger partial charge in [0.2, 0.25) is 0 Å². The van der Waals surface area contributed by atoms with Crippen molar-refractivity contribution in [1.29, 1.82) is 0 Å². The third kappa shape index (κ3) is 2.59. The third-order valence-corrected chi connectivity index (χ3v) is 4.24. The number of amides is 1. The van der Waals surface area contributed by atoms with E-state index in [4.69, 9.17) is 5.73 Å². The summed E-state index contributed by atoms with van der Waals surface area (Å²) in [7, 11) is 0. The SMILES string of the molecule is Cc1c(N)cccc1C(=O)NC1CCN(C2CC2)C1. The summed E-state index contributed by atoms with van der Waals surface area (Å²) in [5.74, 6) is 0.00690. The second-order valence-electron chi connectivity index (χ2n) is 5.70. The first-order valence-corrected chi connectivity index (χ1v) is 7.05. The predicted octanol–water partition coefficient (Wildman–Crippen LogP) is 1.54. The number of hydrogen-bond acceptors (Lipinski definition) is 3. The van der Waals surface area contributed by atoms with Gasteiger partial charge in [-0.05, 0) is 43.9 Å². The lowest BCUT2D eigenvalue weighted by molar-refractivity contribution is 0.0937. The van der Waals surface area contributed by atoms with E-state index in [2.05, 4.69) is 10.2 Å². The monoisotopic (exact) mass is 259 g/mol. The van der Waals surface area contributed by atoms with Crippen LogP contribution in [0.4, 0.5) is 5.69 Å². The maximum absolute atomic E-state index is 12.3. The summed E-state index contributed by atoms with van der Waals surface area (Å²) in [5, 5.41) is 3.14. The third-order valence-electron chi connectivity index (χ3n) is 4.24. The highest BCUT2D eigenvalue weighted by atomic mass is 16.1. The van der Waals surface area contributed by atoms with Crippen LogP contribution in [0.3, 0.4) is 0 Å². The summed E-state index contributed by atoms with van der Waals surface area (Å²) in [6.45, 7) is 4.01. The number of hydrogen-bond donors (Lipinski definition) is 2. The summed E-state index contributed by atoms with van der Waals surface area (Å²) >= 11 is 0. The smallest absolute Gasteiger partial charge is 0.251 e. The molecule has 0 radical (unpaired) electrons. The van der Waals surface area contributed by atoms with Crippen LogP contribution in [-0.2, 0) is 0 Å². The minimum Gasteiger partial charge on any atom is -0.398 e. The van der Waals surface area contributed by atoms with E-state index in [9.17, 15) is 4.79 Å². The molecule has 1 saturated heterocycles. The van der Waals surface area contributed by atoms with E-state index in [1.807, 2.05) is 25.1 Å². The van der Waals surface area contributed by atoms with E-state index in [1.54, 1.807) is 0 Å². The highest BCUT2D eigenvalue weighted by molar-refractivity contribution is 5.97. The molecule has 1 saturated carbocycles. The molecule has 1 aromatic carbocycles. The highest BCUT2D eigenvalue weighted by Gasteiger charge is 2.34. The predicted molar refractivity (Wildman–Crippen MR) is 76.1 cm³/mol. The number of likely N-dealkylation sites (tertiary alicyclic amines) is 1. The summed E-state index contributed by atoms with van der Waals surface area (Å²) in [6, 6.07) is 6.58. The molecule has 3 N–H and O–H groups in total. The average molecular weight is 259 g/mol. The Labute approximate surface area is 114 Å². The largest absolute Gasteiger partial charge is 0.398 e. The molecule has 19 heavy (non-hydrogen) atoms. The van der Waals surface area contributed by atoms with Crippen molar-refractivity contribution in [1.82, 2.24) is 10.2 Å². The molecule has 0 aromatic heterocycles. The van der Waals surface area contributed by atoms with Crippen LogP contribution in [0.5, 0.6) is 0 Å². The van der Waals surface area contributed by atoms with Gasteiger partial charge in [-0.2, -0.15) is 0 Å². The standard InChI is InChI=1S/C15H21N3O/c1-10-13(3-2-4-14(10)16)15(19)17-11-7-8-18(9-11)12-5-6-12/h2-4,11-12H,5-9,16H2,1H3,(H,17,19). The number of nitrogens with one attached hydrogen (secondary N) is 1. The quantitative estimate of drug-likeness (QED) is 0.810. The molecule has 4 nitrogen and oxygen atoms in total. The molecule has 0 bridgehead atoms. The molecular weight excluding hydrogens is 238 g/mol. The van der Waals surface area contributed by atoms with Crippen LogP contribution in [0.15, 0.2) is 18.2 Å². The molecule has 1 atom stereocenters. The van der Waals surface area contributed by atoms with Gasteiger partial charge in [0.1, 0.15) is 0 Å². The van der Waals surface area contributed by atoms with Gasteiger partial charge in [-0.25, -0.2) is 0 Å². The molecule has 1 unspecified atom stereocenters. The average Bonchev–Trinajstić information content (AvgIpc) is 3.14. The molecule has 1 heterocycles. The lowest BCUT2D eigenvalue weighted by Crippen LogP contribution is -2.37. The van der Waals surface area contributed by atoms with Crippen molar-refractivity contribution < 1.29 is 4.79 Å². The number of carbonyl (C=O) groups excluding carboxylic acids is 1. The van der Waals surface area contributed by atoms with E-state index in [0.717, 1.165) is 31.1 Å². The van der Waals surface area contributed by atoms with Crippen molar-refractivity contribution in [3.8, 4) is 0 Å². The summed E-state index contributed by atoms with van der Waals surface area (Å²) in [4.78, 5) is 14.8. The van der Waals surface area contributed by atoms with Gasteiger partial charge in [0.05, 0.1) is 0 Å². The van der Waals surface area contributed by atoms with Crippen LogP contribution >= 0.6 is 0 Å². The number of rotatable bonds is 3. The number of nitrogens with two attached hydrogens (primary N) is 1.